The standard InChI is InChI=1S/C19H24N6O2/c1-13(2)10-16-21-19(27-23-16)15-4-3-9-25(11-15)12-17-22-18(24-26-17)14-5-7-20-8-6-14/h5-8,13,15H,3-4,9-12H2,1-2H3/t15-/m1/s1. The highest BCUT2D eigenvalue weighted by molar-refractivity contribution is 5.52. The maximum absolute atomic E-state index is 5.52. The van der Waals surface area contributed by atoms with Gasteiger partial charge in [-0.2, -0.15) is 9.97 Å². The van der Waals surface area contributed by atoms with Crippen LogP contribution in [0.1, 0.15) is 50.2 Å². The third kappa shape index (κ3) is 4.39. The summed E-state index contributed by atoms with van der Waals surface area (Å²) in [5, 5.41) is 8.21. The number of pyridine rings is 1. The lowest BCUT2D eigenvalue weighted by molar-refractivity contribution is 0.162. The number of likely N-dealkylation sites (tertiary alicyclic amines) is 1. The Morgan fingerprint density at radius 3 is 2.81 bits per heavy atom. The molecule has 8 heteroatoms. The van der Waals surface area contributed by atoms with Gasteiger partial charge in [0.25, 0.3) is 0 Å². The molecule has 0 N–H and O–H groups in total. The van der Waals surface area contributed by atoms with Crippen LogP contribution in [0.4, 0.5) is 0 Å². The largest absolute Gasteiger partial charge is 0.339 e. The summed E-state index contributed by atoms with van der Waals surface area (Å²) in [7, 11) is 0. The third-order valence-corrected chi connectivity index (χ3v) is 4.69. The minimum absolute atomic E-state index is 0.259. The van der Waals surface area contributed by atoms with Crippen molar-refractivity contribution in [3.63, 3.8) is 0 Å². The lowest BCUT2D eigenvalue weighted by Gasteiger charge is -2.29. The van der Waals surface area contributed by atoms with Gasteiger partial charge < -0.3 is 9.05 Å². The van der Waals surface area contributed by atoms with Gasteiger partial charge in [-0.3, -0.25) is 9.88 Å². The molecule has 0 radical (unpaired) electrons. The molecule has 0 amide bonds. The molecular weight excluding hydrogens is 344 g/mol. The first kappa shape index (κ1) is 17.8. The van der Waals surface area contributed by atoms with Crippen LogP contribution in [-0.4, -0.2) is 43.3 Å². The summed E-state index contributed by atoms with van der Waals surface area (Å²) in [6, 6.07) is 3.74. The molecule has 4 rings (SSSR count). The molecule has 0 aliphatic carbocycles. The fraction of sp³-hybridized carbons (Fsp3) is 0.526. The lowest BCUT2D eigenvalue weighted by Crippen LogP contribution is -2.34. The Labute approximate surface area is 158 Å². The monoisotopic (exact) mass is 368 g/mol. The smallest absolute Gasteiger partial charge is 0.241 e. The van der Waals surface area contributed by atoms with E-state index < -0.39 is 0 Å². The SMILES string of the molecule is CC(C)Cc1noc([C@@H]2CCCN(Cc3nc(-c4ccncc4)no3)C2)n1. The molecule has 0 bridgehead atoms. The van der Waals surface area contributed by atoms with Gasteiger partial charge in [0.2, 0.25) is 17.6 Å². The number of hydrogen-bond donors (Lipinski definition) is 0. The summed E-state index contributed by atoms with van der Waals surface area (Å²) in [5.74, 6) is 3.54. The van der Waals surface area contributed by atoms with E-state index in [1.807, 2.05) is 12.1 Å². The van der Waals surface area contributed by atoms with Gasteiger partial charge in [-0.1, -0.05) is 24.2 Å². The van der Waals surface area contributed by atoms with Crippen molar-refractivity contribution in [2.75, 3.05) is 13.1 Å². The topological polar surface area (TPSA) is 94.0 Å². The number of piperidine rings is 1. The van der Waals surface area contributed by atoms with E-state index in [0.717, 1.165) is 49.6 Å². The zero-order valence-corrected chi connectivity index (χ0v) is 15.7. The molecule has 1 fully saturated rings. The van der Waals surface area contributed by atoms with Crippen molar-refractivity contribution in [2.45, 2.75) is 45.6 Å². The van der Waals surface area contributed by atoms with E-state index in [1.165, 1.54) is 0 Å². The van der Waals surface area contributed by atoms with Crippen LogP contribution in [0.5, 0.6) is 0 Å². The summed E-state index contributed by atoms with van der Waals surface area (Å²) in [6.07, 6.45) is 6.43. The Hall–Kier alpha value is -2.61. The molecule has 0 spiro atoms. The van der Waals surface area contributed by atoms with Crippen LogP contribution in [0.3, 0.4) is 0 Å². The van der Waals surface area contributed by atoms with Crippen LogP contribution in [0, 0.1) is 5.92 Å². The summed E-state index contributed by atoms with van der Waals surface area (Å²) in [5.41, 5.74) is 0.903. The van der Waals surface area contributed by atoms with Gasteiger partial charge in [0.05, 0.1) is 12.5 Å². The quantitative estimate of drug-likeness (QED) is 0.655. The first-order chi connectivity index (χ1) is 13.2. The molecule has 0 unspecified atom stereocenters. The van der Waals surface area contributed by atoms with Gasteiger partial charge in [0.1, 0.15) is 0 Å². The van der Waals surface area contributed by atoms with E-state index in [0.29, 0.717) is 24.2 Å². The summed E-state index contributed by atoms with van der Waals surface area (Å²) in [4.78, 5) is 15.4. The Morgan fingerprint density at radius 1 is 1.15 bits per heavy atom. The van der Waals surface area contributed by atoms with E-state index in [4.69, 9.17) is 9.05 Å². The fourth-order valence-electron chi connectivity index (χ4n) is 3.41. The average molecular weight is 368 g/mol. The number of aromatic nitrogens is 5. The molecule has 0 saturated carbocycles. The van der Waals surface area contributed by atoms with E-state index in [9.17, 15) is 0 Å². The van der Waals surface area contributed by atoms with Crippen LogP contribution in [0.15, 0.2) is 33.6 Å². The minimum Gasteiger partial charge on any atom is -0.339 e. The average Bonchev–Trinajstić information content (AvgIpc) is 3.32. The number of rotatable bonds is 6. The van der Waals surface area contributed by atoms with Crippen LogP contribution >= 0.6 is 0 Å². The Bertz CT molecular complexity index is 860. The second-order valence-electron chi connectivity index (χ2n) is 7.47. The number of hydrogen-bond acceptors (Lipinski definition) is 8. The van der Waals surface area contributed by atoms with Gasteiger partial charge in [0, 0.05) is 30.9 Å². The van der Waals surface area contributed by atoms with Crippen LogP contribution in [0.25, 0.3) is 11.4 Å². The van der Waals surface area contributed by atoms with Gasteiger partial charge in [0.15, 0.2) is 5.82 Å². The van der Waals surface area contributed by atoms with Crippen molar-refractivity contribution in [1.82, 2.24) is 30.2 Å². The fourth-order valence-corrected chi connectivity index (χ4v) is 3.41. The zero-order valence-electron chi connectivity index (χ0n) is 15.7. The van der Waals surface area contributed by atoms with Crippen molar-refractivity contribution in [3.05, 3.63) is 42.1 Å². The van der Waals surface area contributed by atoms with Crippen molar-refractivity contribution >= 4 is 0 Å². The van der Waals surface area contributed by atoms with Crippen molar-refractivity contribution < 1.29 is 9.05 Å². The summed E-state index contributed by atoms with van der Waals surface area (Å²) in [6.45, 7) is 6.79. The summed E-state index contributed by atoms with van der Waals surface area (Å²) < 4.78 is 11.0. The van der Waals surface area contributed by atoms with Crippen molar-refractivity contribution in [3.8, 4) is 11.4 Å². The molecule has 1 saturated heterocycles. The Morgan fingerprint density at radius 2 is 2.00 bits per heavy atom. The molecule has 1 atom stereocenters. The maximum atomic E-state index is 5.52. The van der Waals surface area contributed by atoms with E-state index in [1.54, 1.807) is 12.4 Å². The molecule has 1 aliphatic heterocycles. The van der Waals surface area contributed by atoms with Gasteiger partial charge >= 0.3 is 0 Å². The molecule has 3 aromatic heterocycles. The highest BCUT2D eigenvalue weighted by Gasteiger charge is 2.27. The van der Waals surface area contributed by atoms with Crippen LogP contribution < -0.4 is 0 Å². The van der Waals surface area contributed by atoms with E-state index >= 15 is 0 Å². The van der Waals surface area contributed by atoms with Gasteiger partial charge in [-0.05, 0) is 37.4 Å². The van der Waals surface area contributed by atoms with Crippen molar-refractivity contribution in [2.24, 2.45) is 5.92 Å². The van der Waals surface area contributed by atoms with Crippen LogP contribution in [0.2, 0.25) is 0 Å². The second kappa shape index (κ2) is 7.96. The van der Waals surface area contributed by atoms with E-state index in [-0.39, 0.29) is 5.92 Å². The Kier molecular flexibility index (Phi) is 5.24. The molecule has 8 nitrogen and oxygen atoms in total. The number of nitrogens with zero attached hydrogens (tertiary/aromatic N) is 6. The lowest BCUT2D eigenvalue weighted by atomic mass is 9.98. The highest BCUT2D eigenvalue weighted by Crippen LogP contribution is 2.27. The van der Waals surface area contributed by atoms with Gasteiger partial charge in [-0.15, -0.1) is 0 Å². The second-order valence-corrected chi connectivity index (χ2v) is 7.47. The van der Waals surface area contributed by atoms with E-state index in [2.05, 4.69) is 44.0 Å². The minimum atomic E-state index is 0.259. The predicted octanol–water partition coefficient (Wildman–Crippen LogP) is 3.09. The zero-order chi connectivity index (χ0) is 18.6. The van der Waals surface area contributed by atoms with Gasteiger partial charge in [-0.25, -0.2) is 0 Å². The predicted molar refractivity (Wildman–Crippen MR) is 97.6 cm³/mol. The normalized spacial score (nSPS) is 18.3. The van der Waals surface area contributed by atoms with Crippen LogP contribution in [-0.2, 0) is 13.0 Å². The first-order valence-corrected chi connectivity index (χ1v) is 9.45. The molecular formula is C19H24N6O2. The molecule has 4 heterocycles. The van der Waals surface area contributed by atoms with Crippen molar-refractivity contribution in [1.29, 1.82) is 0 Å². The molecule has 142 valence electrons. The summed E-state index contributed by atoms with van der Waals surface area (Å²) >= 11 is 0. The molecule has 1 aliphatic rings. The highest BCUT2D eigenvalue weighted by atomic mass is 16.5. The third-order valence-electron chi connectivity index (χ3n) is 4.69. The molecule has 27 heavy (non-hydrogen) atoms. The first-order valence-electron chi connectivity index (χ1n) is 9.45. The maximum Gasteiger partial charge on any atom is 0.241 e. The molecule has 0 aromatic carbocycles. The molecule has 3 aromatic rings. The Balaban J connectivity index is 1.39.